The van der Waals surface area contributed by atoms with Crippen molar-refractivity contribution in [2.24, 2.45) is 11.8 Å². The standard InChI is InChI=1S/C16H31NO.C7H10/c1-4-5-6-7-8-9-10-11-12-13-14-17-16(18)15(2)3;1-2-7-4-3-6(1)5-7/h2,4-14H2,1,3H3,(H,17,18);1-2,6-7H,3-5H2. The van der Waals surface area contributed by atoms with Gasteiger partial charge < -0.3 is 5.32 Å². The van der Waals surface area contributed by atoms with Crippen LogP contribution in [0, 0.1) is 11.8 Å². The highest BCUT2D eigenvalue weighted by atomic mass is 16.1. The molecule has 0 saturated heterocycles. The Morgan fingerprint density at radius 1 is 0.920 bits per heavy atom. The highest BCUT2D eigenvalue weighted by Crippen LogP contribution is 2.38. The summed E-state index contributed by atoms with van der Waals surface area (Å²) in [6.45, 7) is 8.41. The summed E-state index contributed by atoms with van der Waals surface area (Å²) in [6.07, 6.45) is 22.5. The Balaban J connectivity index is 0.000000359. The molecule has 2 nitrogen and oxygen atoms in total. The fraction of sp³-hybridized carbons (Fsp3) is 0.783. The van der Waals surface area contributed by atoms with Crippen molar-refractivity contribution in [1.82, 2.24) is 5.32 Å². The van der Waals surface area contributed by atoms with Crippen molar-refractivity contribution in [3.05, 3.63) is 24.3 Å². The average molecular weight is 348 g/mol. The molecule has 144 valence electrons. The van der Waals surface area contributed by atoms with Gasteiger partial charge in [-0.25, -0.2) is 0 Å². The topological polar surface area (TPSA) is 29.1 Å². The number of rotatable bonds is 12. The molecule has 2 atom stereocenters. The third kappa shape index (κ3) is 11.2. The summed E-state index contributed by atoms with van der Waals surface area (Å²) >= 11 is 0. The van der Waals surface area contributed by atoms with Crippen LogP contribution in [0.15, 0.2) is 24.3 Å². The lowest BCUT2D eigenvalue weighted by molar-refractivity contribution is -0.117. The van der Waals surface area contributed by atoms with Gasteiger partial charge in [-0.15, -0.1) is 0 Å². The van der Waals surface area contributed by atoms with E-state index in [0.717, 1.165) is 24.8 Å². The number of hydrogen-bond acceptors (Lipinski definition) is 1. The van der Waals surface area contributed by atoms with Crippen molar-refractivity contribution < 1.29 is 4.79 Å². The maximum absolute atomic E-state index is 11.2. The molecule has 0 aliphatic heterocycles. The van der Waals surface area contributed by atoms with Crippen LogP contribution in [0.3, 0.4) is 0 Å². The zero-order chi connectivity index (χ0) is 18.3. The first-order chi connectivity index (χ1) is 12.1. The van der Waals surface area contributed by atoms with E-state index in [1.807, 2.05) is 0 Å². The van der Waals surface area contributed by atoms with Gasteiger partial charge in [0.15, 0.2) is 0 Å². The number of carbonyl (C=O) groups is 1. The number of amides is 1. The van der Waals surface area contributed by atoms with E-state index < -0.39 is 0 Å². The second-order valence-electron chi connectivity index (χ2n) is 7.94. The summed E-state index contributed by atoms with van der Waals surface area (Å²) in [5.41, 5.74) is 0.599. The third-order valence-corrected chi connectivity index (χ3v) is 5.37. The summed E-state index contributed by atoms with van der Waals surface area (Å²) in [5, 5.41) is 2.87. The van der Waals surface area contributed by atoms with Crippen molar-refractivity contribution in [2.75, 3.05) is 6.54 Å². The van der Waals surface area contributed by atoms with E-state index in [1.165, 1.54) is 77.0 Å². The Morgan fingerprint density at radius 3 is 1.76 bits per heavy atom. The maximum atomic E-state index is 11.2. The minimum absolute atomic E-state index is 0.00840. The molecule has 2 bridgehead atoms. The highest BCUT2D eigenvalue weighted by molar-refractivity contribution is 5.91. The van der Waals surface area contributed by atoms with Gasteiger partial charge in [-0.05, 0) is 44.4 Å². The predicted molar refractivity (Wildman–Crippen MR) is 110 cm³/mol. The highest BCUT2D eigenvalue weighted by Gasteiger charge is 2.25. The summed E-state index contributed by atoms with van der Waals surface area (Å²) < 4.78 is 0. The van der Waals surface area contributed by atoms with Crippen molar-refractivity contribution in [1.29, 1.82) is 0 Å². The van der Waals surface area contributed by atoms with Crippen LogP contribution in [0.4, 0.5) is 0 Å². The second kappa shape index (κ2) is 14.2. The Bertz CT molecular complexity index is 387. The minimum atomic E-state index is -0.00840. The van der Waals surface area contributed by atoms with Crippen molar-refractivity contribution in [2.45, 2.75) is 97.3 Å². The Labute approximate surface area is 156 Å². The quantitative estimate of drug-likeness (QED) is 0.241. The van der Waals surface area contributed by atoms with E-state index in [-0.39, 0.29) is 5.91 Å². The number of nitrogens with one attached hydrogen (secondary N) is 1. The monoisotopic (exact) mass is 347 g/mol. The second-order valence-corrected chi connectivity index (χ2v) is 7.94. The molecule has 0 aromatic rings. The molecule has 0 radical (unpaired) electrons. The van der Waals surface area contributed by atoms with E-state index in [2.05, 4.69) is 31.0 Å². The lowest BCUT2D eigenvalue weighted by Crippen LogP contribution is -2.24. The number of unbranched alkanes of at least 4 members (excludes halogenated alkanes) is 9. The van der Waals surface area contributed by atoms with Gasteiger partial charge in [0.05, 0.1) is 0 Å². The van der Waals surface area contributed by atoms with Crippen molar-refractivity contribution >= 4 is 5.91 Å². The largest absolute Gasteiger partial charge is 0.352 e. The van der Waals surface area contributed by atoms with Gasteiger partial charge >= 0.3 is 0 Å². The number of fused-ring (bicyclic) bond motifs is 2. The normalized spacial score (nSPS) is 20.2. The average Bonchev–Trinajstić information content (AvgIpc) is 3.25. The molecule has 2 aliphatic rings. The van der Waals surface area contributed by atoms with Crippen LogP contribution in [0.2, 0.25) is 0 Å². The van der Waals surface area contributed by atoms with Gasteiger partial charge in [0, 0.05) is 12.1 Å². The summed E-state index contributed by atoms with van der Waals surface area (Å²) in [7, 11) is 0. The molecular formula is C23H41NO. The fourth-order valence-corrected chi connectivity index (χ4v) is 3.68. The van der Waals surface area contributed by atoms with Crippen LogP contribution in [-0.4, -0.2) is 12.5 Å². The van der Waals surface area contributed by atoms with E-state index in [4.69, 9.17) is 0 Å². The first-order valence-corrected chi connectivity index (χ1v) is 10.8. The zero-order valence-corrected chi connectivity index (χ0v) is 16.8. The van der Waals surface area contributed by atoms with Crippen molar-refractivity contribution in [3.8, 4) is 0 Å². The molecule has 0 heterocycles. The molecule has 2 rings (SSSR count). The molecule has 0 aromatic carbocycles. The van der Waals surface area contributed by atoms with Crippen LogP contribution in [-0.2, 0) is 4.79 Å². The Hall–Kier alpha value is -1.05. The van der Waals surface area contributed by atoms with Crippen LogP contribution >= 0.6 is 0 Å². The maximum Gasteiger partial charge on any atom is 0.246 e. The lowest BCUT2D eigenvalue weighted by atomic mass is 10.1. The van der Waals surface area contributed by atoms with Gasteiger partial charge in [0.1, 0.15) is 0 Å². The molecule has 1 saturated carbocycles. The van der Waals surface area contributed by atoms with Crippen LogP contribution in [0.25, 0.3) is 0 Å². The molecule has 2 aliphatic carbocycles. The number of allylic oxidation sites excluding steroid dienone is 2. The van der Waals surface area contributed by atoms with Crippen molar-refractivity contribution in [3.63, 3.8) is 0 Å². The summed E-state index contributed by atoms with van der Waals surface area (Å²) in [6, 6.07) is 0. The number of carbonyl (C=O) groups excluding carboxylic acids is 1. The first-order valence-electron chi connectivity index (χ1n) is 10.8. The molecule has 2 unspecified atom stereocenters. The SMILES string of the molecule is C1=CC2CCC1C2.C=C(C)C(=O)NCCCCCCCCCCCC. The van der Waals surface area contributed by atoms with E-state index in [1.54, 1.807) is 6.92 Å². The summed E-state index contributed by atoms with van der Waals surface area (Å²) in [5.74, 6) is 1.97. The smallest absolute Gasteiger partial charge is 0.246 e. The van der Waals surface area contributed by atoms with Crippen LogP contribution < -0.4 is 5.32 Å². The van der Waals surface area contributed by atoms with E-state index >= 15 is 0 Å². The molecule has 0 spiro atoms. The van der Waals surface area contributed by atoms with Gasteiger partial charge in [-0.3, -0.25) is 4.79 Å². The molecule has 1 amide bonds. The Kier molecular flexibility index (Phi) is 12.5. The molecule has 2 heteroatoms. The molecule has 25 heavy (non-hydrogen) atoms. The van der Waals surface area contributed by atoms with Gasteiger partial charge in [0.25, 0.3) is 0 Å². The fourth-order valence-electron chi connectivity index (χ4n) is 3.68. The van der Waals surface area contributed by atoms with Gasteiger partial charge in [-0.1, -0.05) is 83.4 Å². The number of hydrogen-bond donors (Lipinski definition) is 1. The third-order valence-electron chi connectivity index (χ3n) is 5.37. The zero-order valence-electron chi connectivity index (χ0n) is 16.8. The first kappa shape index (κ1) is 22.0. The molecule has 1 fully saturated rings. The summed E-state index contributed by atoms with van der Waals surface area (Å²) in [4.78, 5) is 11.2. The Morgan fingerprint density at radius 2 is 1.40 bits per heavy atom. The van der Waals surface area contributed by atoms with Gasteiger partial charge in [-0.2, -0.15) is 0 Å². The molecular weight excluding hydrogens is 306 g/mol. The van der Waals surface area contributed by atoms with E-state index in [0.29, 0.717) is 5.57 Å². The molecule has 1 N–H and O–H groups in total. The van der Waals surface area contributed by atoms with Crippen LogP contribution in [0.1, 0.15) is 97.3 Å². The van der Waals surface area contributed by atoms with Gasteiger partial charge in [0.2, 0.25) is 5.91 Å². The minimum Gasteiger partial charge on any atom is -0.352 e. The van der Waals surface area contributed by atoms with Crippen LogP contribution in [0.5, 0.6) is 0 Å². The van der Waals surface area contributed by atoms with E-state index in [9.17, 15) is 4.79 Å². The lowest BCUT2D eigenvalue weighted by Gasteiger charge is -2.04. The molecule has 0 aromatic heterocycles. The predicted octanol–water partition coefficient (Wildman–Crippen LogP) is 6.57.